The van der Waals surface area contributed by atoms with E-state index in [1.165, 1.54) is 11.8 Å². The highest BCUT2D eigenvalue weighted by atomic mass is 35.5. The molecular formula is C21H19ClN6OS2. The molecule has 4 rings (SSSR count). The number of thiazole rings is 1. The largest absolute Gasteiger partial charge is 0.354 e. The number of anilines is 2. The van der Waals surface area contributed by atoms with Crippen LogP contribution in [-0.2, 0) is 18.4 Å². The van der Waals surface area contributed by atoms with Crippen LogP contribution in [0.1, 0.15) is 5.82 Å². The number of nitrogens with one attached hydrogen (secondary N) is 2. The monoisotopic (exact) mass is 470 g/mol. The lowest BCUT2D eigenvalue weighted by Crippen LogP contribution is -2.15. The van der Waals surface area contributed by atoms with Crippen molar-refractivity contribution in [3.8, 4) is 11.3 Å². The molecule has 0 aliphatic heterocycles. The number of halogens is 1. The summed E-state index contributed by atoms with van der Waals surface area (Å²) in [7, 11) is 1.88. The van der Waals surface area contributed by atoms with Crippen LogP contribution in [0, 0.1) is 0 Å². The van der Waals surface area contributed by atoms with Crippen molar-refractivity contribution in [2.24, 2.45) is 7.05 Å². The van der Waals surface area contributed by atoms with Gasteiger partial charge in [-0.15, -0.1) is 21.5 Å². The molecule has 0 saturated carbocycles. The summed E-state index contributed by atoms with van der Waals surface area (Å²) < 4.78 is 1.87. The molecule has 0 unspecified atom stereocenters. The van der Waals surface area contributed by atoms with Gasteiger partial charge in [0.2, 0.25) is 5.91 Å². The molecule has 0 atom stereocenters. The topological polar surface area (TPSA) is 84.7 Å². The smallest absolute Gasteiger partial charge is 0.234 e. The molecule has 7 nitrogen and oxygen atoms in total. The normalized spacial score (nSPS) is 10.8. The third-order valence-electron chi connectivity index (χ3n) is 4.38. The van der Waals surface area contributed by atoms with Crippen molar-refractivity contribution in [2.45, 2.75) is 11.7 Å². The molecule has 4 aromatic rings. The Morgan fingerprint density at radius 2 is 1.90 bits per heavy atom. The van der Waals surface area contributed by atoms with Crippen LogP contribution in [0.25, 0.3) is 11.3 Å². The van der Waals surface area contributed by atoms with Gasteiger partial charge in [-0.05, 0) is 12.1 Å². The maximum Gasteiger partial charge on any atom is 0.234 e. The van der Waals surface area contributed by atoms with E-state index in [0.717, 1.165) is 22.2 Å². The predicted molar refractivity (Wildman–Crippen MR) is 127 cm³/mol. The highest BCUT2D eigenvalue weighted by molar-refractivity contribution is 7.99. The molecule has 2 aromatic heterocycles. The number of carbonyl (C=O) groups is 1. The van der Waals surface area contributed by atoms with Crippen molar-refractivity contribution in [1.82, 2.24) is 19.7 Å². The van der Waals surface area contributed by atoms with Crippen molar-refractivity contribution in [1.29, 1.82) is 0 Å². The van der Waals surface area contributed by atoms with E-state index in [4.69, 9.17) is 11.6 Å². The number of para-hydroxylation sites is 1. The lowest BCUT2D eigenvalue weighted by molar-refractivity contribution is -0.113. The van der Waals surface area contributed by atoms with Crippen LogP contribution in [0.2, 0.25) is 5.02 Å². The molecular weight excluding hydrogens is 452 g/mol. The summed E-state index contributed by atoms with van der Waals surface area (Å²) >= 11 is 8.94. The van der Waals surface area contributed by atoms with Crippen molar-refractivity contribution in [3.63, 3.8) is 0 Å². The van der Waals surface area contributed by atoms with Gasteiger partial charge < -0.3 is 15.2 Å². The highest BCUT2D eigenvalue weighted by Crippen LogP contribution is 2.25. The zero-order valence-electron chi connectivity index (χ0n) is 16.6. The fourth-order valence-electron chi connectivity index (χ4n) is 2.75. The van der Waals surface area contributed by atoms with Crippen LogP contribution < -0.4 is 10.6 Å². The number of aromatic nitrogens is 4. The van der Waals surface area contributed by atoms with E-state index in [-0.39, 0.29) is 11.7 Å². The fraction of sp³-hybridized carbons (Fsp3) is 0.143. The van der Waals surface area contributed by atoms with Crippen LogP contribution in [0.5, 0.6) is 0 Å². The first kappa shape index (κ1) is 21.4. The summed E-state index contributed by atoms with van der Waals surface area (Å²) in [6.45, 7) is 0.484. The van der Waals surface area contributed by atoms with Gasteiger partial charge in [0.1, 0.15) is 0 Å². The van der Waals surface area contributed by atoms with E-state index in [0.29, 0.717) is 22.4 Å². The quantitative estimate of drug-likeness (QED) is 0.355. The molecule has 1 amide bonds. The summed E-state index contributed by atoms with van der Waals surface area (Å²) in [6, 6.07) is 17.2. The first-order chi connectivity index (χ1) is 15.1. The van der Waals surface area contributed by atoms with E-state index in [1.807, 2.05) is 59.5 Å². The maximum atomic E-state index is 12.2. The molecule has 0 spiro atoms. The minimum Gasteiger partial charge on any atom is -0.354 e. The lowest BCUT2D eigenvalue weighted by Gasteiger charge is -2.07. The molecule has 158 valence electrons. The van der Waals surface area contributed by atoms with Gasteiger partial charge in [0, 0.05) is 18.0 Å². The van der Waals surface area contributed by atoms with E-state index < -0.39 is 0 Å². The van der Waals surface area contributed by atoms with Crippen LogP contribution >= 0.6 is 34.7 Å². The average molecular weight is 471 g/mol. The molecule has 2 aromatic carbocycles. The Bertz CT molecular complexity index is 1180. The van der Waals surface area contributed by atoms with Gasteiger partial charge >= 0.3 is 0 Å². The molecule has 10 heteroatoms. The fourth-order valence-corrected chi connectivity index (χ4v) is 4.39. The lowest BCUT2D eigenvalue weighted by atomic mass is 10.2. The summed E-state index contributed by atoms with van der Waals surface area (Å²) in [5, 5.41) is 18.5. The zero-order valence-corrected chi connectivity index (χ0v) is 19.0. The van der Waals surface area contributed by atoms with E-state index in [1.54, 1.807) is 23.5 Å². The molecule has 0 bridgehead atoms. The van der Waals surface area contributed by atoms with E-state index in [2.05, 4.69) is 25.8 Å². The van der Waals surface area contributed by atoms with Gasteiger partial charge in [-0.25, -0.2) is 4.98 Å². The molecule has 31 heavy (non-hydrogen) atoms. The van der Waals surface area contributed by atoms with Gasteiger partial charge in [-0.2, -0.15) is 0 Å². The third kappa shape index (κ3) is 5.43. The summed E-state index contributed by atoms with van der Waals surface area (Å²) in [5.74, 6) is 0.805. The summed E-state index contributed by atoms with van der Waals surface area (Å²) in [6.07, 6.45) is 0. The van der Waals surface area contributed by atoms with Crippen molar-refractivity contribution >= 4 is 51.4 Å². The van der Waals surface area contributed by atoms with Crippen LogP contribution in [0.15, 0.2) is 65.1 Å². The Balaban J connectivity index is 1.31. The highest BCUT2D eigenvalue weighted by Gasteiger charge is 2.13. The maximum absolute atomic E-state index is 12.2. The van der Waals surface area contributed by atoms with Crippen LogP contribution in [-0.4, -0.2) is 31.4 Å². The van der Waals surface area contributed by atoms with Crippen molar-refractivity contribution < 1.29 is 4.79 Å². The molecule has 0 aliphatic rings. The van der Waals surface area contributed by atoms with Gasteiger partial charge in [0.05, 0.1) is 28.7 Å². The van der Waals surface area contributed by atoms with Gasteiger partial charge in [-0.3, -0.25) is 4.79 Å². The Hall–Kier alpha value is -2.88. The zero-order chi connectivity index (χ0) is 21.6. The first-order valence-electron chi connectivity index (χ1n) is 9.40. The summed E-state index contributed by atoms with van der Waals surface area (Å²) in [4.78, 5) is 16.8. The Kier molecular flexibility index (Phi) is 6.86. The Labute approximate surface area is 192 Å². The van der Waals surface area contributed by atoms with Crippen LogP contribution in [0.3, 0.4) is 0 Å². The second-order valence-electron chi connectivity index (χ2n) is 6.53. The van der Waals surface area contributed by atoms with Gasteiger partial charge in [0.25, 0.3) is 0 Å². The standard InChI is InChI=1S/C21H19ClN6OS2/c1-28-18(11-23-20-25-17(12-30-20)14-7-3-2-4-8-14)26-27-21(28)31-13-19(29)24-16-10-6-5-9-15(16)22/h2-10,12H,11,13H2,1H3,(H,23,25)(H,24,29). The average Bonchev–Trinajstić information content (AvgIpc) is 3.40. The van der Waals surface area contributed by atoms with Crippen molar-refractivity contribution in [2.75, 3.05) is 16.4 Å². The van der Waals surface area contributed by atoms with E-state index in [9.17, 15) is 4.79 Å². The molecule has 2 N–H and O–H groups in total. The number of benzene rings is 2. The van der Waals surface area contributed by atoms with Crippen LogP contribution in [0.4, 0.5) is 10.8 Å². The number of thioether (sulfide) groups is 1. The molecule has 0 radical (unpaired) electrons. The Morgan fingerprint density at radius 1 is 1.13 bits per heavy atom. The number of hydrogen-bond acceptors (Lipinski definition) is 7. The number of rotatable bonds is 8. The third-order valence-corrected chi connectivity index (χ3v) is 6.53. The molecule has 0 fully saturated rings. The number of nitrogens with zero attached hydrogens (tertiary/aromatic N) is 4. The van der Waals surface area contributed by atoms with E-state index >= 15 is 0 Å². The number of hydrogen-bond donors (Lipinski definition) is 2. The van der Waals surface area contributed by atoms with Gasteiger partial charge in [0.15, 0.2) is 16.1 Å². The van der Waals surface area contributed by atoms with Gasteiger partial charge in [-0.1, -0.05) is 65.8 Å². The number of amides is 1. The molecule has 2 heterocycles. The second kappa shape index (κ2) is 9.95. The predicted octanol–water partition coefficient (Wildman–Crippen LogP) is 4.93. The number of carbonyl (C=O) groups excluding carboxylic acids is 1. The second-order valence-corrected chi connectivity index (χ2v) is 8.74. The van der Waals surface area contributed by atoms with Crippen molar-refractivity contribution in [3.05, 3.63) is 70.8 Å². The molecule has 0 aliphatic carbocycles. The Morgan fingerprint density at radius 3 is 2.71 bits per heavy atom. The summed E-state index contributed by atoms with van der Waals surface area (Å²) in [5.41, 5.74) is 2.61. The minimum absolute atomic E-state index is 0.156. The first-order valence-corrected chi connectivity index (χ1v) is 11.6. The SMILES string of the molecule is Cn1c(CNc2nc(-c3ccccc3)cs2)nnc1SCC(=O)Nc1ccccc1Cl. The minimum atomic E-state index is -0.156. The molecule has 0 saturated heterocycles.